The van der Waals surface area contributed by atoms with Crippen LogP contribution in [0.25, 0.3) is 11.1 Å². The Labute approximate surface area is 194 Å². The summed E-state index contributed by atoms with van der Waals surface area (Å²) in [6.07, 6.45) is 0.0526. The first-order valence-electron chi connectivity index (χ1n) is 9.91. The number of benzene rings is 2. The molecule has 1 atom stereocenters. The van der Waals surface area contributed by atoms with E-state index in [1.54, 1.807) is 42.5 Å². The predicted octanol–water partition coefficient (Wildman–Crippen LogP) is 2.82. The van der Waals surface area contributed by atoms with Crippen LogP contribution >= 0.6 is 23.2 Å². The van der Waals surface area contributed by atoms with E-state index in [4.69, 9.17) is 32.7 Å². The van der Waals surface area contributed by atoms with Gasteiger partial charge < -0.3 is 24.8 Å². The van der Waals surface area contributed by atoms with Crippen LogP contribution < -0.4 is 5.32 Å². The highest BCUT2D eigenvalue weighted by Crippen LogP contribution is 2.34. The van der Waals surface area contributed by atoms with Gasteiger partial charge in [0.15, 0.2) is 5.79 Å². The lowest BCUT2D eigenvalue weighted by Gasteiger charge is -2.23. The van der Waals surface area contributed by atoms with Crippen LogP contribution in [0.2, 0.25) is 10.0 Å². The van der Waals surface area contributed by atoms with Crippen LogP contribution in [0.5, 0.6) is 0 Å². The molecule has 0 saturated carbocycles. The van der Waals surface area contributed by atoms with Gasteiger partial charge in [-0.25, -0.2) is 4.79 Å². The molecule has 0 aromatic heterocycles. The van der Waals surface area contributed by atoms with Gasteiger partial charge >= 0.3 is 5.97 Å². The van der Waals surface area contributed by atoms with Crippen molar-refractivity contribution in [2.75, 3.05) is 26.3 Å². The summed E-state index contributed by atoms with van der Waals surface area (Å²) in [6.45, 7) is 0.366. The molecule has 0 bridgehead atoms. The van der Waals surface area contributed by atoms with E-state index in [2.05, 4.69) is 5.32 Å². The molecule has 1 spiro atoms. The first-order chi connectivity index (χ1) is 15.3. The van der Waals surface area contributed by atoms with Crippen LogP contribution in [0.3, 0.4) is 0 Å². The van der Waals surface area contributed by atoms with E-state index >= 15 is 0 Å². The van der Waals surface area contributed by atoms with Gasteiger partial charge in [0.25, 0.3) is 5.91 Å². The Morgan fingerprint density at radius 3 is 2.25 bits per heavy atom. The Kier molecular flexibility index (Phi) is 6.39. The molecule has 0 aliphatic carbocycles. The number of nitrogens with one attached hydrogen (secondary N) is 1. The zero-order valence-corrected chi connectivity index (χ0v) is 18.4. The van der Waals surface area contributed by atoms with E-state index in [1.165, 1.54) is 4.90 Å². The van der Waals surface area contributed by atoms with E-state index in [-0.39, 0.29) is 19.5 Å². The van der Waals surface area contributed by atoms with Crippen molar-refractivity contribution < 1.29 is 29.0 Å². The highest BCUT2D eigenvalue weighted by molar-refractivity contribution is 6.35. The standard InChI is InChI=1S/C22H20Cl2N2O6/c23-16-7-15(8-17(24)9-16)13-1-3-14(4-2-13)20(28)25-11-19(27)26-12-22(31-5-6-32-22)10-18(26)21(29)30/h1-4,7-9,18H,5-6,10-12H2,(H,25,28)(H,29,30). The van der Waals surface area contributed by atoms with Gasteiger partial charge in [0, 0.05) is 22.0 Å². The van der Waals surface area contributed by atoms with Crippen molar-refractivity contribution >= 4 is 41.0 Å². The largest absolute Gasteiger partial charge is 0.480 e. The fourth-order valence-electron chi connectivity index (χ4n) is 3.92. The van der Waals surface area contributed by atoms with Gasteiger partial charge in [-0.15, -0.1) is 0 Å². The number of amides is 2. The van der Waals surface area contributed by atoms with Gasteiger partial charge in [0.05, 0.1) is 26.3 Å². The number of halogens is 2. The molecular weight excluding hydrogens is 459 g/mol. The Bertz CT molecular complexity index is 1030. The average molecular weight is 479 g/mol. The predicted molar refractivity (Wildman–Crippen MR) is 117 cm³/mol. The number of rotatable bonds is 5. The van der Waals surface area contributed by atoms with Crippen molar-refractivity contribution in [3.63, 3.8) is 0 Å². The molecule has 2 N–H and O–H groups in total. The van der Waals surface area contributed by atoms with Gasteiger partial charge in [-0.2, -0.15) is 0 Å². The molecule has 2 amide bonds. The number of hydrogen-bond donors (Lipinski definition) is 2. The Morgan fingerprint density at radius 1 is 1.03 bits per heavy atom. The van der Waals surface area contributed by atoms with E-state index < -0.39 is 29.6 Å². The minimum atomic E-state index is -1.14. The van der Waals surface area contributed by atoms with Gasteiger partial charge in [-0.3, -0.25) is 9.59 Å². The minimum absolute atomic E-state index is 0.00949. The highest BCUT2D eigenvalue weighted by atomic mass is 35.5. The normalized spacial score (nSPS) is 19.3. The van der Waals surface area contributed by atoms with E-state index in [0.717, 1.165) is 11.1 Å². The molecule has 2 heterocycles. The number of hydrogen-bond acceptors (Lipinski definition) is 5. The zero-order chi connectivity index (χ0) is 22.9. The average Bonchev–Trinajstić information content (AvgIpc) is 3.38. The van der Waals surface area contributed by atoms with Crippen molar-refractivity contribution in [1.29, 1.82) is 0 Å². The summed E-state index contributed by atoms with van der Waals surface area (Å²) in [5, 5.41) is 13.0. The Hall–Kier alpha value is -2.65. The van der Waals surface area contributed by atoms with Gasteiger partial charge in [-0.1, -0.05) is 35.3 Å². The third-order valence-corrected chi connectivity index (χ3v) is 5.89. The lowest BCUT2D eigenvalue weighted by atomic mass is 10.0. The molecule has 8 nitrogen and oxygen atoms in total. The molecule has 2 aliphatic rings. The summed E-state index contributed by atoms with van der Waals surface area (Å²) in [5.41, 5.74) is 1.98. The first kappa shape index (κ1) is 22.5. The number of carbonyl (C=O) groups is 3. The summed E-state index contributed by atoms with van der Waals surface area (Å²) in [5.74, 6) is -3.20. The number of nitrogens with zero attached hydrogens (tertiary/aromatic N) is 1. The van der Waals surface area contributed by atoms with Crippen molar-refractivity contribution in [2.45, 2.75) is 18.2 Å². The Balaban J connectivity index is 1.38. The van der Waals surface area contributed by atoms with E-state index in [0.29, 0.717) is 28.8 Å². The summed E-state index contributed by atoms with van der Waals surface area (Å²) >= 11 is 12.1. The molecule has 2 saturated heterocycles. The van der Waals surface area contributed by atoms with Gasteiger partial charge in [-0.05, 0) is 41.5 Å². The molecule has 32 heavy (non-hydrogen) atoms. The van der Waals surface area contributed by atoms with Crippen LogP contribution in [-0.4, -0.2) is 65.9 Å². The number of ether oxygens (including phenoxy) is 2. The smallest absolute Gasteiger partial charge is 0.326 e. The summed E-state index contributed by atoms with van der Waals surface area (Å²) in [6, 6.07) is 10.8. The number of carboxylic acids is 1. The molecule has 1 unspecified atom stereocenters. The van der Waals surface area contributed by atoms with Crippen molar-refractivity contribution in [3.8, 4) is 11.1 Å². The van der Waals surface area contributed by atoms with Crippen molar-refractivity contribution in [3.05, 3.63) is 58.1 Å². The first-order valence-corrected chi connectivity index (χ1v) is 10.7. The van der Waals surface area contributed by atoms with Gasteiger partial charge in [0.1, 0.15) is 6.04 Å². The topological polar surface area (TPSA) is 105 Å². The van der Waals surface area contributed by atoms with Crippen LogP contribution in [0.15, 0.2) is 42.5 Å². The maximum atomic E-state index is 12.7. The zero-order valence-electron chi connectivity index (χ0n) is 16.8. The molecule has 10 heteroatoms. The molecular formula is C22H20Cl2N2O6. The molecule has 2 aromatic carbocycles. The molecule has 4 rings (SSSR count). The highest BCUT2D eigenvalue weighted by Gasteiger charge is 2.52. The molecule has 0 radical (unpaired) electrons. The minimum Gasteiger partial charge on any atom is -0.480 e. The Morgan fingerprint density at radius 2 is 1.66 bits per heavy atom. The lowest BCUT2D eigenvalue weighted by molar-refractivity contribution is -0.152. The molecule has 2 aromatic rings. The second-order valence-corrected chi connectivity index (χ2v) is 8.48. The van der Waals surface area contributed by atoms with Crippen LogP contribution in [0, 0.1) is 0 Å². The van der Waals surface area contributed by atoms with Crippen LogP contribution in [0.4, 0.5) is 0 Å². The van der Waals surface area contributed by atoms with Crippen LogP contribution in [0.1, 0.15) is 16.8 Å². The fourth-order valence-corrected chi connectivity index (χ4v) is 4.45. The summed E-state index contributed by atoms with van der Waals surface area (Å²) < 4.78 is 11.1. The van der Waals surface area contributed by atoms with Crippen molar-refractivity contribution in [2.24, 2.45) is 0 Å². The van der Waals surface area contributed by atoms with E-state index in [1.807, 2.05) is 0 Å². The number of carboxylic acid groups (broad SMARTS) is 1. The fraction of sp³-hybridized carbons (Fsp3) is 0.318. The maximum absolute atomic E-state index is 12.7. The second-order valence-electron chi connectivity index (χ2n) is 7.61. The molecule has 2 aliphatic heterocycles. The molecule has 168 valence electrons. The monoisotopic (exact) mass is 478 g/mol. The second kappa shape index (κ2) is 9.07. The maximum Gasteiger partial charge on any atom is 0.326 e. The SMILES string of the molecule is O=C(NCC(=O)N1CC2(CC1C(=O)O)OCCO2)c1ccc(-c2cc(Cl)cc(Cl)c2)cc1. The lowest BCUT2D eigenvalue weighted by Crippen LogP contribution is -2.46. The summed E-state index contributed by atoms with van der Waals surface area (Å²) in [4.78, 5) is 37.9. The number of aliphatic carboxylic acids is 1. The molecule has 2 fully saturated rings. The third-order valence-electron chi connectivity index (χ3n) is 5.45. The van der Waals surface area contributed by atoms with E-state index in [9.17, 15) is 19.5 Å². The number of carbonyl (C=O) groups excluding carboxylic acids is 2. The summed E-state index contributed by atoms with van der Waals surface area (Å²) in [7, 11) is 0. The quantitative estimate of drug-likeness (QED) is 0.684. The number of likely N-dealkylation sites (tertiary alicyclic amines) is 1. The van der Waals surface area contributed by atoms with Crippen LogP contribution in [-0.2, 0) is 19.1 Å². The van der Waals surface area contributed by atoms with Crippen molar-refractivity contribution in [1.82, 2.24) is 10.2 Å². The van der Waals surface area contributed by atoms with Gasteiger partial charge in [0.2, 0.25) is 5.91 Å². The third kappa shape index (κ3) is 4.73.